The van der Waals surface area contributed by atoms with E-state index in [-0.39, 0.29) is 17.4 Å². The lowest BCUT2D eigenvalue weighted by Crippen LogP contribution is -2.22. The highest BCUT2D eigenvalue weighted by Crippen LogP contribution is 2.23. The quantitative estimate of drug-likeness (QED) is 0.694. The summed E-state index contributed by atoms with van der Waals surface area (Å²) in [6.07, 6.45) is -0.120. The lowest BCUT2D eigenvalue weighted by atomic mass is 10.1. The number of aliphatic hydroxyl groups excluding tert-OH is 1. The van der Waals surface area contributed by atoms with Gasteiger partial charge in [-0.05, 0) is 32.4 Å². The zero-order valence-corrected chi connectivity index (χ0v) is 9.30. The number of nitrogens with two attached hydrogens (primary N) is 1. The molecule has 0 saturated carbocycles. The van der Waals surface area contributed by atoms with Gasteiger partial charge in [0.2, 0.25) is 0 Å². The summed E-state index contributed by atoms with van der Waals surface area (Å²) < 4.78 is 26.7. The minimum absolute atomic E-state index is 0.0451. The van der Waals surface area contributed by atoms with Crippen LogP contribution >= 0.6 is 0 Å². The molecule has 90 valence electrons. The molecule has 16 heavy (non-hydrogen) atoms. The van der Waals surface area contributed by atoms with E-state index in [4.69, 9.17) is 10.8 Å². The molecular formula is C11H16F2N2O. The molecule has 0 saturated heterocycles. The Kier molecular flexibility index (Phi) is 4.06. The summed E-state index contributed by atoms with van der Waals surface area (Å²) >= 11 is 0. The standard InChI is InChI=1S/C11H16F2N2O/c1-6(3-7(2)16)15-11-9(12)4-8(14)5-10(11)13/h4-7,15-16H,3,14H2,1-2H3. The SMILES string of the molecule is CC(O)CC(C)Nc1c(F)cc(N)cc1F. The van der Waals surface area contributed by atoms with Crippen LogP contribution in [0.15, 0.2) is 12.1 Å². The van der Waals surface area contributed by atoms with Gasteiger partial charge in [0.05, 0.1) is 6.10 Å². The topological polar surface area (TPSA) is 58.3 Å². The first-order valence-electron chi connectivity index (χ1n) is 5.09. The second kappa shape index (κ2) is 5.12. The molecular weight excluding hydrogens is 214 g/mol. The maximum atomic E-state index is 13.4. The van der Waals surface area contributed by atoms with Crippen molar-refractivity contribution in [1.82, 2.24) is 0 Å². The third-order valence-corrected chi connectivity index (χ3v) is 2.15. The van der Waals surface area contributed by atoms with Crippen molar-refractivity contribution in [2.24, 2.45) is 0 Å². The predicted molar refractivity (Wildman–Crippen MR) is 60.2 cm³/mol. The number of benzene rings is 1. The van der Waals surface area contributed by atoms with Gasteiger partial charge in [-0.3, -0.25) is 0 Å². The fraction of sp³-hybridized carbons (Fsp3) is 0.455. The molecule has 0 aliphatic heterocycles. The Morgan fingerprint density at radius 2 is 1.81 bits per heavy atom. The van der Waals surface area contributed by atoms with Crippen LogP contribution in [0.25, 0.3) is 0 Å². The molecule has 0 spiro atoms. The summed E-state index contributed by atoms with van der Waals surface area (Å²) in [4.78, 5) is 0. The van der Waals surface area contributed by atoms with E-state index in [2.05, 4.69) is 5.32 Å². The largest absolute Gasteiger partial charge is 0.399 e. The van der Waals surface area contributed by atoms with E-state index < -0.39 is 17.7 Å². The molecule has 0 aliphatic rings. The van der Waals surface area contributed by atoms with Gasteiger partial charge in [0.25, 0.3) is 0 Å². The summed E-state index contributed by atoms with van der Waals surface area (Å²) in [5.41, 5.74) is 5.13. The Labute approximate surface area is 93.3 Å². The highest BCUT2D eigenvalue weighted by molar-refractivity contribution is 5.54. The van der Waals surface area contributed by atoms with Crippen molar-refractivity contribution in [3.63, 3.8) is 0 Å². The summed E-state index contributed by atoms with van der Waals surface area (Å²) in [6.45, 7) is 3.36. The van der Waals surface area contributed by atoms with Crippen LogP contribution in [0.5, 0.6) is 0 Å². The Balaban J connectivity index is 2.81. The van der Waals surface area contributed by atoms with Gasteiger partial charge in [-0.15, -0.1) is 0 Å². The molecule has 2 unspecified atom stereocenters. The van der Waals surface area contributed by atoms with Gasteiger partial charge in [-0.2, -0.15) is 0 Å². The normalized spacial score (nSPS) is 14.6. The van der Waals surface area contributed by atoms with E-state index in [9.17, 15) is 8.78 Å². The molecule has 0 aliphatic carbocycles. The van der Waals surface area contributed by atoms with E-state index in [0.29, 0.717) is 6.42 Å². The summed E-state index contributed by atoms with van der Waals surface area (Å²) in [7, 11) is 0. The Hall–Kier alpha value is -1.36. The number of hydrogen-bond donors (Lipinski definition) is 3. The number of rotatable bonds is 4. The molecule has 0 heterocycles. The molecule has 2 atom stereocenters. The van der Waals surface area contributed by atoms with E-state index in [1.54, 1.807) is 13.8 Å². The van der Waals surface area contributed by atoms with Gasteiger partial charge < -0.3 is 16.2 Å². The van der Waals surface area contributed by atoms with Crippen molar-refractivity contribution >= 4 is 11.4 Å². The lowest BCUT2D eigenvalue weighted by molar-refractivity contribution is 0.179. The molecule has 0 aromatic heterocycles. The summed E-state index contributed by atoms with van der Waals surface area (Å²) in [5, 5.41) is 11.8. The Morgan fingerprint density at radius 1 is 1.31 bits per heavy atom. The van der Waals surface area contributed by atoms with Gasteiger partial charge in [0, 0.05) is 11.7 Å². The van der Waals surface area contributed by atoms with Crippen LogP contribution in [0.3, 0.4) is 0 Å². The minimum Gasteiger partial charge on any atom is -0.399 e. The van der Waals surface area contributed by atoms with Crippen LogP contribution in [0.1, 0.15) is 20.3 Å². The number of halogens is 2. The van der Waals surface area contributed by atoms with Crippen LogP contribution in [0.4, 0.5) is 20.2 Å². The van der Waals surface area contributed by atoms with Crippen molar-refractivity contribution in [2.75, 3.05) is 11.1 Å². The Bertz CT molecular complexity index is 346. The fourth-order valence-electron chi connectivity index (χ4n) is 1.55. The van der Waals surface area contributed by atoms with Crippen LogP contribution in [-0.2, 0) is 0 Å². The number of nitrogens with one attached hydrogen (secondary N) is 1. The highest BCUT2D eigenvalue weighted by Gasteiger charge is 2.13. The molecule has 0 radical (unpaired) electrons. The lowest BCUT2D eigenvalue weighted by Gasteiger charge is -2.17. The number of anilines is 2. The van der Waals surface area contributed by atoms with Crippen molar-refractivity contribution in [3.05, 3.63) is 23.8 Å². The first kappa shape index (κ1) is 12.7. The zero-order valence-electron chi connectivity index (χ0n) is 9.30. The average Bonchev–Trinajstić information content (AvgIpc) is 2.09. The Morgan fingerprint density at radius 3 is 2.25 bits per heavy atom. The second-order valence-corrected chi connectivity index (χ2v) is 3.99. The van der Waals surface area contributed by atoms with E-state index in [1.807, 2.05) is 0 Å². The average molecular weight is 230 g/mol. The molecule has 1 aromatic rings. The third-order valence-electron chi connectivity index (χ3n) is 2.15. The van der Waals surface area contributed by atoms with Gasteiger partial charge >= 0.3 is 0 Å². The first-order valence-corrected chi connectivity index (χ1v) is 5.09. The fourth-order valence-corrected chi connectivity index (χ4v) is 1.55. The molecule has 5 heteroatoms. The van der Waals surface area contributed by atoms with Gasteiger partial charge in [-0.1, -0.05) is 0 Å². The van der Waals surface area contributed by atoms with E-state index in [1.165, 1.54) is 0 Å². The molecule has 1 rings (SSSR count). The van der Waals surface area contributed by atoms with Gasteiger partial charge in [0.15, 0.2) is 11.6 Å². The summed E-state index contributed by atoms with van der Waals surface area (Å²) in [6, 6.07) is 1.88. The van der Waals surface area contributed by atoms with Gasteiger partial charge in [0.1, 0.15) is 5.69 Å². The first-order chi connectivity index (χ1) is 7.40. The molecule has 0 amide bonds. The maximum absolute atomic E-state index is 13.4. The van der Waals surface area contributed by atoms with Crippen LogP contribution in [0.2, 0.25) is 0 Å². The molecule has 1 aromatic carbocycles. The number of aliphatic hydroxyl groups is 1. The zero-order chi connectivity index (χ0) is 12.3. The second-order valence-electron chi connectivity index (χ2n) is 3.99. The van der Waals surface area contributed by atoms with Crippen molar-refractivity contribution in [1.29, 1.82) is 0 Å². The van der Waals surface area contributed by atoms with Crippen molar-refractivity contribution in [3.8, 4) is 0 Å². The highest BCUT2D eigenvalue weighted by atomic mass is 19.1. The van der Waals surface area contributed by atoms with E-state index in [0.717, 1.165) is 12.1 Å². The van der Waals surface area contributed by atoms with Crippen molar-refractivity contribution < 1.29 is 13.9 Å². The molecule has 0 bridgehead atoms. The predicted octanol–water partition coefficient (Wildman–Crippen LogP) is 2.12. The van der Waals surface area contributed by atoms with Crippen LogP contribution in [-0.4, -0.2) is 17.3 Å². The number of hydrogen-bond acceptors (Lipinski definition) is 3. The van der Waals surface area contributed by atoms with Crippen LogP contribution in [0, 0.1) is 11.6 Å². The third kappa shape index (κ3) is 3.34. The summed E-state index contributed by atoms with van der Waals surface area (Å²) in [5.74, 6) is -1.45. The van der Waals surface area contributed by atoms with Crippen LogP contribution < -0.4 is 11.1 Å². The molecule has 0 fully saturated rings. The minimum atomic E-state index is -0.727. The monoisotopic (exact) mass is 230 g/mol. The van der Waals surface area contributed by atoms with Crippen molar-refractivity contribution in [2.45, 2.75) is 32.4 Å². The molecule has 3 nitrogen and oxygen atoms in total. The maximum Gasteiger partial charge on any atom is 0.151 e. The van der Waals surface area contributed by atoms with Gasteiger partial charge in [-0.25, -0.2) is 8.78 Å². The van der Waals surface area contributed by atoms with E-state index >= 15 is 0 Å². The smallest absolute Gasteiger partial charge is 0.151 e. The molecule has 4 N–H and O–H groups in total. The number of nitrogen functional groups attached to an aromatic ring is 1.